The van der Waals surface area contributed by atoms with E-state index in [2.05, 4.69) is 4.74 Å². The minimum atomic E-state index is -0.373. The maximum atomic E-state index is 11.9. The molecule has 0 atom stereocenters. The standard InChI is InChI=1S/C13H15ClO3/c1-8-7-11(14)9(2)6-10(8)12(15)4-5-13(16)17-3/h6-7H,4-5H2,1-3H3. The molecule has 0 amide bonds. The molecule has 0 aliphatic heterocycles. The predicted octanol–water partition coefficient (Wildman–Crippen LogP) is 3.09. The van der Waals surface area contributed by atoms with Crippen molar-refractivity contribution in [3.8, 4) is 0 Å². The number of benzene rings is 1. The summed E-state index contributed by atoms with van der Waals surface area (Å²) >= 11 is 5.96. The van der Waals surface area contributed by atoms with E-state index in [9.17, 15) is 9.59 Å². The van der Waals surface area contributed by atoms with Gasteiger partial charge in [0.1, 0.15) is 0 Å². The average Bonchev–Trinajstić information content (AvgIpc) is 2.30. The zero-order chi connectivity index (χ0) is 13.0. The van der Waals surface area contributed by atoms with Crippen molar-refractivity contribution >= 4 is 23.4 Å². The van der Waals surface area contributed by atoms with Crippen LogP contribution in [0.1, 0.15) is 34.3 Å². The molecule has 1 aromatic carbocycles. The fourth-order valence-electron chi connectivity index (χ4n) is 1.53. The number of hydrogen-bond acceptors (Lipinski definition) is 3. The fraction of sp³-hybridized carbons (Fsp3) is 0.385. The van der Waals surface area contributed by atoms with Crippen LogP contribution in [0.3, 0.4) is 0 Å². The lowest BCUT2D eigenvalue weighted by Gasteiger charge is -2.07. The van der Waals surface area contributed by atoms with Crippen LogP contribution in [0.15, 0.2) is 12.1 Å². The number of ketones is 1. The minimum Gasteiger partial charge on any atom is -0.469 e. The molecule has 0 bridgehead atoms. The minimum absolute atomic E-state index is 0.0623. The van der Waals surface area contributed by atoms with E-state index in [0.29, 0.717) is 10.6 Å². The number of rotatable bonds is 4. The number of aryl methyl sites for hydroxylation is 2. The van der Waals surface area contributed by atoms with Crippen molar-refractivity contribution in [1.29, 1.82) is 0 Å². The quantitative estimate of drug-likeness (QED) is 0.613. The van der Waals surface area contributed by atoms with Crippen molar-refractivity contribution in [2.45, 2.75) is 26.7 Å². The summed E-state index contributed by atoms with van der Waals surface area (Å²) in [5.74, 6) is -0.436. The molecule has 0 saturated heterocycles. The molecule has 0 radical (unpaired) electrons. The molecule has 0 aliphatic carbocycles. The maximum absolute atomic E-state index is 11.9. The first-order chi connectivity index (χ1) is 7.95. The second-order valence-electron chi connectivity index (χ2n) is 3.92. The van der Waals surface area contributed by atoms with Crippen LogP contribution in [0.25, 0.3) is 0 Å². The van der Waals surface area contributed by atoms with Gasteiger partial charge in [-0.1, -0.05) is 11.6 Å². The van der Waals surface area contributed by atoms with E-state index in [1.807, 2.05) is 13.8 Å². The van der Waals surface area contributed by atoms with Gasteiger partial charge in [0.2, 0.25) is 0 Å². The number of Topliss-reactive ketones (excluding diaryl/α,β-unsaturated/α-hetero) is 1. The average molecular weight is 255 g/mol. The smallest absolute Gasteiger partial charge is 0.305 e. The van der Waals surface area contributed by atoms with Gasteiger partial charge in [0.15, 0.2) is 5.78 Å². The molecule has 0 fully saturated rings. The molecule has 0 unspecified atom stereocenters. The van der Waals surface area contributed by atoms with Gasteiger partial charge >= 0.3 is 5.97 Å². The lowest BCUT2D eigenvalue weighted by Crippen LogP contribution is -2.07. The predicted molar refractivity (Wildman–Crippen MR) is 66.5 cm³/mol. The SMILES string of the molecule is COC(=O)CCC(=O)c1cc(C)c(Cl)cc1C. The summed E-state index contributed by atoms with van der Waals surface area (Å²) in [5, 5.41) is 0.645. The van der Waals surface area contributed by atoms with Crippen LogP contribution in [0.4, 0.5) is 0 Å². The number of methoxy groups -OCH3 is 1. The van der Waals surface area contributed by atoms with Crippen LogP contribution in [0.2, 0.25) is 5.02 Å². The van der Waals surface area contributed by atoms with Crippen molar-refractivity contribution in [3.05, 3.63) is 33.8 Å². The highest BCUT2D eigenvalue weighted by atomic mass is 35.5. The highest BCUT2D eigenvalue weighted by Crippen LogP contribution is 2.21. The molecular weight excluding hydrogens is 240 g/mol. The van der Waals surface area contributed by atoms with Gasteiger partial charge < -0.3 is 4.74 Å². The Labute approximate surface area is 106 Å². The molecule has 0 aromatic heterocycles. The number of halogens is 1. The number of carbonyl (C=O) groups excluding carboxylic acids is 2. The van der Waals surface area contributed by atoms with Crippen LogP contribution >= 0.6 is 11.6 Å². The highest BCUT2D eigenvalue weighted by molar-refractivity contribution is 6.31. The molecule has 0 N–H and O–H groups in total. The zero-order valence-electron chi connectivity index (χ0n) is 10.2. The van der Waals surface area contributed by atoms with Crippen molar-refractivity contribution in [3.63, 3.8) is 0 Å². The summed E-state index contributed by atoms with van der Waals surface area (Å²) in [7, 11) is 1.31. The molecule has 3 nitrogen and oxygen atoms in total. The first kappa shape index (κ1) is 13.7. The van der Waals surface area contributed by atoms with Gasteiger partial charge in [0, 0.05) is 17.0 Å². The number of esters is 1. The first-order valence-corrected chi connectivity index (χ1v) is 5.70. The van der Waals surface area contributed by atoms with Crippen molar-refractivity contribution in [2.24, 2.45) is 0 Å². The van der Waals surface area contributed by atoms with E-state index < -0.39 is 0 Å². The summed E-state index contributed by atoms with van der Waals surface area (Å²) in [5.41, 5.74) is 2.31. The van der Waals surface area contributed by atoms with E-state index in [1.54, 1.807) is 12.1 Å². The number of carbonyl (C=O) groups is 2. The molecule has 0 saturated carbocycles. The summed E-state index contributed by atoms with van der Waals surface area (Å²) in [4.78, 5) is 22.9. The fourth-order valence-corrected chi connectivity index (χ4v) is 1.75. The Bertz CT molecular complexity index is 452. The monoisotopic (exact) mass is 254 g/mol. The Balaban J connectivity index is 2.82. The second-order valence-corrected chi connectivity index (χ2v) is 4.32. The third-order valence-electron chi connectivity index (χ3n) is 2.59. The summed E-state index contributed by atoms with van der Waals surface area (Å²) in [6, 6.07) is 3.53. The van der Waals surface area contributed by atoms with Gasteiger partial charge in [-0.2, -0.15) is 0 Å². The molecule has 1 rings (SSSR count). The summed E-state index contributed by atoms with van der Waals surface area (Å²) < 4.78 is 4.50. The van der Waals surface area contributed by atoms with Gasteiger partial charge in [-0.15, -0.1) is 0 Å². The molecule has 0 heterocycles. The molecular formula is C13H15ClO3. The van der Waals surface area contributed by atoms with Gasteiger partial charge in [-0.3, -0.25) is 9.59 Å². The maximum Gasteiger partial charge on any atom is 0.305 e. The molecule has 0 aliphatic rings. The van der Waals surface area contributed by atoms with Crippen molar-refractivity contribution in [2.75, 3.05) is 7.11 Å². The molecule has 17 heavy (non-hydrogen) atoms. The summed E-state index contributed by atoms with van der Waals surface area (Å²) in [6.07, 6.45) is 0.269. The Morgan fingerprint density at radius 1 is 1.18 bits per heavy atom. The van der Waals surface area contributed by atoms with E-state index >= 15 is 0 Å². The Morgan fingerprint density at radius 3 is 2.41 bits per heavy atom. The van der Waals surface area contributed by atoms with Gasteiger partial charge in [0.25, 0.3) is 0 Å². The van der Waals surface area contributed by atoms with E-state index in [0.717, 1.165) is 11.1 Å². The normalized spacial score (nSPS) is 10.1. The van der Waals surface area contributed by atoms with Crippen LogP contribution < -0.4 is 0 Å². The molecule has 92 valence electrons. The summed E-state index contributed by atoms with van der Waals surface area (Å²) in [6.45, 7) is 3.68. The van der Waals surface area contributed by atoms with Gasteiger partial charge in [0.05, 0.1) is 13.5 Å². The first-order valence-electron chi connectivity index (χ1n) is 5.32. The molecule has 4 heteroatoms. The zero-order valence-corrected chi connectivity index (χ0v) is 10.9. The Kier molecular flexibility index (Phi) is 4.70. The topological polar surface area (TPSA) is 43.4 Å². The van der Waals surface area contributed by atoms with Crippen molar-refractivity contribution < 1.29 is 14.3 Å². The number of hydrogen-bond donors (Lipinski definition) is 0. The van der Waals surface area contributed by atoms with E-state index in [4.69, 9.17) is 11.6 Å². The van der Waals surface area contributed by atoms with E-state index in [-0.39, 0.29) is 24.6 Å². The Hall–Kier alpha value is -1.35. The lowest BCUT2D eigenvalue weighted by molar-refractivity contribution is -0.140. The largest absolute Gasteiger partial charge is 0.469 e. The van der Waals surface area contributed by atoms with Crippen molar-refractivity contribution in [1.82, 2.24) is 0 Å². The third-order valence-corrected chi connectivity index (χ3v) is 3.00. The van der Waals surface area contributed by atoms with Gasteiger partial charge in [-0.05, 0) is 37.1 Å². The van der Waals surface area contributed by atoms with Crippen LogP contribution in [-0.2, 0) is 9.53 Å². The van der Waals surface area contributed by atoms with Gasteiger partial charge in [-0.25, -0.2) is 0 Å². The molecule has 0 spiro atoms. The van der Waals surface area contributed by atoms with Crippen LogP contribution in [-0.4, -0.2) is 18.9 Å². The number of ether oxygens (including phenoxy) is 1. The highest BCUT2D eigenvalue weighted by Gasteiger charge is 2.13. The lowest BCUT2D eigenvalue weighted by atomic mass is 9.99. The Morgan fingerprint density at radius 2 is 1.82 bits per heavy atom. The van der Waals surface area contributed by atoms with Crippen LogP contribution in [0, 0.1) is 13.8 Å². The second kappa shape index (κ2) is 5.82. The van der Waals surface area contributed by atoms with Crippen LogP contribution in [0.5, 0.6) is 0 Å². The third kappa shape index (κ3) is 3.56. The molecule has 1 aromatic rings. The van der Waals surface area contributed by atoms with E-state index in [1.165, 1.54) is 7.11 Å².